The summed E-state index contributed by atoms with van der Waals surface area (Å²) in [5, 5.41) is 2.76. The highest BCUT2D eigenvalue weighted by molar-refractivity contribution is 5.94. The van der Waals surface area contributed by atoms with Gasteiger partial charge in [-0.1, -0.05) is 147 Å². The van der Waals surface area contributed by atoms with Crippen molar-refractivity contribution < 1.29 is 0 Å². The summed E-state index contributed by atoms with van der Waals surface area (Å²) in [7, 11) is 0. The van der Waals surface area contributed by atoms with Gasteiger partial charge < -0.3 is 4.90 Å². The number of anilines is 1. The average Bonchev–Trinajstić information content (AvgIpc) is 2.83. The Hall–Kier alpha value is -1.21. The van der Waals surface area contributed by atoms with E-state index in [-0.39, 0.29) is 12.4 Å². The van der Waals surface area contributed by atoms with E-state index >= 15 is 0 Å². The van der Waals surface area contributed by atoms with Gasteiger partial charge in [-0.25, -0.2) is 0 Å². The monoisotopic (exact) mass is 473 g/mol. The molecule has 0 aromatic heterocycles. The zero-order valence-electron chi connectivity index (χ0n) is 21.8. The van der Waals surface area contributed by atoms with E-state index < -0.39 is 0 Å². The second kappa shape index (κ2) is 20.2. The fourth-order valence-electron chi connectivity index (χ4n) is 4.96. The van der Waals surface area contributed by atoms with Gasteiger partial charge in [-0.3, -0.25) is 0 Å². The zero-order chi connectivity index (χ0) is 22.7. The number of benzene rings is 2. The Balaban J connectivity index is 0.00000544. The van der Waals surface area contributed by atoms with E-state index in [1.165, 1.54) is 132 Å². The Morgan fingerprint density at radius 1 is 0.485 bits per heavy atom. The van der Waals surface area contributed by atoms with Crippen LogP contribution in [0.5, 0.6) is 0 Å². The summed E-state index contributed by atoms with van der Waals surface area (Å²) in [4.78, 5) is 2.62. The summed E-state index contributed by atoms with van der Waals surface area (Å²) >= 11 is 0. The second-order valence-corrected chi connectivity index (χ2v) is 9.79. The van der Waals surface area contributed by atoms with Crippen LogP contribution in [-0.4, -0.2) is 13.1 Å². The van der Waals surface area contributed by atoms with Gasteiger partial charge in [0, 0.05) is 24.2 Å². The van der Waals surface area contributed by atoms with Crippen LogP contribution < -0.4 is 4.90 Å². The molecule has 33 heavy (non-hydrogen) atoms. The number of nitrogens with zero attached hydrogens (tertiary/aromatic N) is 1. The molecule has 2 rings (SSSR count). The van der Waals surface area contributed by atoms with Crippen molar-refractivity contribution in [3.8, 4) is 0 Å². The summed E-state index contributed by atoms with van der Waals surface area (Å²) in [6.45, 7) is 6.95. The minimum atomic E-state index is 0. The molecule has 0 N–H and O–H groups in total. The number of halogens is 1. The Bertz CT molecular complexity index is 693. The third-order valence-electron chi connectivity index (χ3n) is 6.88. The van der Waals surface area contributed by atoms with Crippen LogP contribution >= 0.6 is 12.4 Å². The van der Waals surface area contributed by atoms with E-state index in [1.807, 2.05) is 0 Å². The molecule has 0 spiro atoms. The first-order valence-electron chi connectivity index (χ1n) is 14.1. The van der Waals surface area contributed by atoms with Crippen LogP contribution in [0.2, 0.25) is 0 Å². The normalized spacial score (nSPS) is 11.0. The summed E-state index contributed by atoms with van der Waals surface area (Å²) in [5.74, 6) is 0. The van der Waals surface area contributed by atoms with Gasteiger partial charge in [-0.05, 0) is 24.3 Å². The second-order valence-electron chi connectivity index (χ2n) is 9.79. The molecule has 2 aromatic carbocycles. The standard InChI is InChI=1S/C31H51N.ClH/c1-3-5-6-7-8-9-10-11-12-13-14-15-16-17-18-21-28-32(27-4-2)31-26-22-24-29-23-19-20-25-30(29)31;/h19-20,22-26H,3-18,21,27-28H2,1-2H3;1H. The van der Waals surface area contributed by atoms with Gasteiger partial charge in [0.1, 0.15) is 0 Å². The van der Waals surface area contributed by atoms with Crippen molar-refractivity contribution in [1.82, 2.24) is 0 Å². The smallest absolute Gasteiger partial charge is 0.0445 e. The SMILES string of the molecule is CCCCCCCCCCCCCCCCCCN(CCC)c1cccc2ccccc12.Cl. The highest BCUT2D eigenvalue weighted by Crippen LogP contribution is 2.27. The summed E-state index contributed by atoms with van der Waals surface area (Å²) in [6.07, 6.45) is 24.2. The Labute approximate surface area is 212 Å². The van der Waals surface area contributed by atoms with Gasteiger partial charge >= 0.3 is 0 Å². The molecule has 0 saturated heterocycles. The first-order valence-corrected chi connectivity index (χ1v) is 14.1. The Kier molecular flexibility index (Phi) is 18.2. The fraction of sp³-hybridized carbons (Fsp3) is 0.677. The topological polar surface area (TPSA) is 3.24 Å². The minimum absolute atomic E-state index is 0. The van der Waals surface area contributed by atoms with Crippen LogP contribution in [0.3, 0.4) is 0 Å². The summed E-state index contributed by atoms with van der Waals surface area (Å²) < 4.78 is 0. The third-order valence-corrected chi connectivity index (χ3v) is 6.88. The molecule has 1 nitrogen and oxygen atoms in total. The van der Waals surface area contributed by atoms with Crippen molar-refractivity contribution in [3.63, 3.8) is 0 Å². The van der Waals surface area contributed by atoms with Gasteiger partial charge in [0.15, 0.2) is 0 Å². The van der Waals surface area contributed by atoms with E-state index in [1.54, 1.807) is 0 Å². The molecule has 0 aliphatic carbocycles. The largest absolute Gasteiger partial charge is 0.371 e. The highest BCUT2D eigenvalue weighted by atomic mass is 35.5. The van der Waals surface area contributed by atoms with E-state index in [9.17, 15) is 0 Å². The molecule has 0 heterocycles. The lowest BCUT2D eigenvalue weighted by atomic mass is 10.0. The number of unbranched alkanes of at least 4 members (excludes halogenated alkanes) is 15. The fourth-order valence-corrected chi connectivity index (χ4v) is 4.96. The number of hydrogen-bond donors (Lipinski definition) is 0. The molecule has 0 aliphatic heterocycles. The average molecular weight is 474 g/mol. The van der Waals surface area contributed by atoms with Crippen molar-refractivity contribution in [2.24, 2.45) is 0 Å². The van der Waals surface area contributed by atoms with Crippen molar-refractivity contribution in [2.75, 3.05) is 18.0 Å². The van der Waals surface area contributed by atoms with Crippen molar-refractivity contribution >= 4 is 28.9 Å². The molecule has 2 heteroatoms. The summed E-state index contributed by atoms with van der Waals surface area (Å²) in [6, 6.07) is 15.6. The quantitative estimate of drug-likeness (QED) is 0.173. The van der Waals surface area contributed by atoms with Crippen LogP contribution in [-0.2, 0) is 0 Å². The maximum absolute atomic E-state index is 2.62. The third kappa shape index (κ3) is 12.7. The minimum Gasteiger partial charge on any atom is -0.371 e. The summed E-state index contributed by atoms with van der Waals surface area (Å²) in [5.41, 5.74) is 1.42. The lowest BCUT2D eigenvalue weighted by Crippen LogP contribution is -2.25. The number of rotatable bonds is 20. The first kappa shape index (κ1) is 29.8. The Morgan fingerprint density at radius 2 is 0.970 bits per heavy atom. The van der Waals surface area contributed by atoms with Gasteiger partial charge in [-0.2, -0.15) is 0 Å². The van der Waals surface area contributed by atoms with Crippen molar-refractivity contribution in [2.45, 2.75) is 123 Å². The van der Waals surface area contributed by atoms with Crippen molar-refractivity contribution in [1.29, 1.82) is 0 Å². The number of fused-ring (bicyclic) bond motifs is 1. The van der Waals surface area contributed by atoms with E-state index in [4.69, 9.17) is 0 Å². The van der Waals surface area contributed by atoms with E-state index in [2.05, 4.69) is 61.2 Å². The molecule has 0 aliphatic rings. The lowest BCUT2D eigenvalue weighted by molar-refractivity contribution is 0.529. The maximum Gasteiger partial charge on any atom is 0.0445 e. The Morgan fingerprint density at radius 3 is 1.52 bits per heavy atom. The predicted octanol–water partition coefficient (Wildman–Crippen LogP) is 10.7. The molecule has 0 atom stereocenters. The van der Waals surface area contributed by atoms with E-state index in [0.717, 1.165) is 6.54 Å². The van der Waals surface area contributed by atoms with Crippen LogP contribution in [0.15, 0.2) is 42.5 Å². The van der Waals surface area contributed by atoms with Crippen molar-refractivity contribution in [3.05, 3.63) is 42.5 Å². The van der Waals surface area contributed by atoms with E-state index in [0.29, 0.717) is 0 Å². The van der Waals surface area contributed by atoms with Crippen LogP contribution in [0.1, 0.15) is 123 Å². The lowest BCUT2D eigenvalue weighted by Gasteiger charge is -2.26. The molecule has 0 bridgehead atoms. The first-order chi connectivity index (χ1) is 15.9. The zero-order valence-corrected chi connectivity index (χ0v) is 22.6. The number of hydrogen-bond acceptors (Lipinski definition) is 1. The van der Waals surface area contributed by atoms with Gasteiger partial charge in [0.05, 0.1) is 0 Å². The molecule has 0 saturated carbocycles. The molecular formula is C31H52ClN. The molecule has 2 aromatic rings. The van der Waals surface area contributed by atoms with Crippen LogP contribution in [0.25, 0.3) is 10.8 Å². The maximum atomic E-state index is 2.62. The predicted molar refractivity (Wildman–Crippen MR) is 153 cm³/mol. The van der Waals surface area contributed by atoms with Gasteiger partial charge in [0.2, 0.25) is 0 Å². The molecule has 0 fully saturated rings. The highest BCUT2D eigenvalue weighted by Gasteiger charge is 2.09. The molecule has 188 valence electrons. The van der Waals surface area contributed by atoms with Crippen LogP contribution in [0, 0.1) is 0 Å². The molecular weight excluding hydrogens is 422 g/mol. The molecule has 0 radical (unpaired) electrons. The van der Waals surface area contributed by atoms with Gasteiger partial charge in [0.25, 0.3) is 0 Å². The van der Waals surface area contributed by atoms with Gasteiger partial charge in [-0.15, -0.1) is 12.4 Å². The molecule has 0 amide bonds. The van der Waals surface area contributed by atoms with Crippen LogP contribution in [0.4, 0.5) is 5.69 Å². The molecule has 0 unspecified atom stereocenters.